The lowest BCUT2D eigenvalue weighted by molar-refractivity contribution is 0.738. The van der Waals surface area contributed by atoms with Crippen LogP contribution in [-0.4, -0.2) is 17.9 Å². The van der Waals surface area contributed by atoms with Crippen LogP contribution in [0.3, 0.4) is 0 Å². The summed E-state index contributed by atoms with van der Waals surface area (Å²) in [6.45, 7) is 2.16. The van der Waals surface area contributed by atoms with Gasteiger partial charge in [-0.05, 0) is 49.3 Å². The van der Waals surface area contributed by atoms with Gasteiger partial charge in [-0.3, -0.25) is 5.41 Å². The summed E-state index contributed by atoms with van der Waals surface area (Å²) < 4.78 is 0. The molecule has 3 rings (SSSR count). The highest BCUT2D eigenvalue weighted by molar-refractivity contribution is 7.10. The van der Waals surface area contributed by atoms with Crippen LogP contribution >= 0.6 is 11.3 Å². The second-order valence-electron chi connectivity index (χ2n) is 5.53. The number of thiophene rings is 1. The van der Waals surface area contributed by atoms with Crippen LogP contribution < -0.4 is 10.6 Å². The summed E-state index contributed by atoms with van der Waals surface area (Å²) in [5, 5.41) is 9.95. The molecule has 3 N–H and O–H groups in total. The lowest BCUT2D eigenvalue weighted by Crippen LogP contribution is -2.26. The van der Waals surface area contributed by atoms with Gasteiger partial charge in [0.2, 0.25) is 0 Å². The number of anilines is 1. The molecule has 21 heavy (non-hydrogen) atoms. The fraction of sp³-hybridized carbons (Fsp3) is 0.375. The number of aromatic nitrogens is 1. The van der Waals surface area contributed by atoms with Gasteiger partial charge in [0.05, 0.1) is 11.6 Å². The number of hydrogen-bond acceptors (Lipinski definition) is 4. The fourth-order valence-corrected chi connectivity index (χ4v) is 3.66. The minimum Gasteiger partial charge on any atom is -0.384 e. The molecule has 2 heterocycles. The summed E-state index contributed by atoms with van der Waals surface area (Å²) >= 11 is 1.74. The Labute approximate surface area is 129 Å². The second kappa shape index (κ2) is 5.48. The quantitative estimate of drug-likeness (QED) is 0.673. The zero-order valence-electron chi connectivity index (χ0n) is 12.4. The molecule has 4 nitrogen and oxygen atoms in total. The van der Waals surface area contributed by atoms with Crippen molar-refractivity contribution in [1.29, 1.82) is 5.41 Å². The van der Waals surface area contributed by atoms with Crippen LogP contribution in [0.1, 0.15) is 41.1 Å². The summed E-state index contributed by atoms with van der Waals surface area (Å²) in [6.07, 6.45) is 3.22. The molecule has 2 aromatic rings. The Morgan fingerprint density at radius 2 is 2.29 bits per heavy atom. The summed E-state index contributed by atoms with van der Waals surface area (Å²) in [4.78, 5) is 8.23. The van der Waals surface area contributed by atoms with E-state index in [0.29, 0.717) is 0 Å². The number of fused-ring (bicyclic) bond motifs is 1. The molecule has 0 aliphatic heterocycles. The van der Waals surface area contributed by atoms with Crippen LogP contribution in [0.5, 0.6) is 0 Å². The van der Waals surface area contributed by atoms with Crippen molar-refractivity contribution in [3.63, 3.8) is 0 Å². The highest BCUT2D eigenvalue weighted by atomic mass is 32.1. The van der Waals surface area contributed by atoms with Crippen LogP contribution in [0.4, 0.5) is 5.82 Å². The number of nitrogens with two attached hydrogens (primary N) is 1. The number of nitrogens with zero attached hydrogens (tertiary/aromatic N) is 2. The molecule has 2 aromatic heterocycles. The van der Waals surface area contributed by atoms with E-state index in [0.717, 1.165) is 30.6 Å². The van der Waals surface area contributed by atoms with E-state index in [1.165, 1.54) is 16.1 Å². The van der Waals surface area contributed by atoms with Crippen LogP contribution in [0, 0.1) is 5.41 Å². The van der Waals surface area contributed by atoms with E-state index in [2.05, 4.69) is 35.4 Å². The van der Waals surface area contributed by atoms with E-state index < -0.39 is 0 Å². The first kappa shape index (κ1) is 14.1. The minimum absolute atomic E-state index is 0.0948. The predicted molar refractivity (Wildman–Crippen MR) is 88.4 cm³/mol. The predicted octanol–water partition coefficient (Wildman–Crippen LogP) is 3.11. The standard InChI is InChI=1S/C16H20N4S/c1-10(14-7-4-8-21-14)20(2)16-12(15(17)18)9-11-5-3-6-13(11)19-16/h4,7-10H,3,5-6H2,1-2H3,(H3,17,18). The third-order valence-corrected chi connectivity index (χ3v) is 5.23. The fourth-order valence-electron chi connectivity index (χ4n) is 2.83. The monoisotopic (exact) mass is 300 g/mol. The summed E-state index contributed by atoms with van der Waals surface area (Å²) in [5.41, 5.74) is 8.95. The third-order valence-electron chi connectivity index (χ3n) is 4.19. The van der Waals surface area contributed by atoms with E-state index in [1.54, 1.807) is 11.3 Å². The van der Waals surface area contributed by atoms with E-state index in [-0.39, 0.29) is 11.9 Å². The van der Waals surface area contributed by atoms with Crippen LogP contribution in [0.15, 0.2) is 23.6 Å². The van der Waals surface area contributed by atoms with Gasteiger partial charge in [0.1, 0.15) is 11.7 Å². The van der Waals surface area contributed by atoms with Gasteiger partial charge in [0, 0.05) is 17.6 Å². The molecule has 0 amide bonds. The molecular weight excluding hydrogens is 280 g/mol. The molecule has 0 spiro atoms. The van der Waals surface area contributed by atoms with Gasteiger partial charge in [0.25, 0.3) is 0 Å². The van der Waals surface area contributed by atoms with Crippen molar-refractivity contribution < 1.29 is 0 Å². The molecule has 0 saturated heterocycles. The molecule has 0 saturated carbocycles. The first-order chi connectivity index (χ1) is 10.1. The molecule has 110 valence electrons. The van der Waals surface area contributed by atoms with Gasteiger partial charge >= 0.3 is 0 Å². The van der Waals surface area contributed by atoms with Crippen LogP contribution in [0.25, 0.3) is 0 Å². The Bertz CT molecular complexity index is 663. The maximum Gasteiger partial charge on any atom is 0.140 e. The normalized spacial score (nSPS) is 14.8. The second-order valence-corrected chi connectivity index (χ2v) is 6.51. The van der Waals surface area contributed by atoms with E-state index in [9.17, 15) is 0 Å². The van der Waals surface area contributed by atoms with Gasteiger partial charge in [0.15, 0.2) is 0 Å². The molecule has 1 aliphatic rings. The first-order valence-corrected chi connectivity index (χ1v) is 8.09. The largest absolute Gasteiger partial charge is 0.384 e. The SMILES string of the molecule is CC(c1cccs1)N(C)c1nc2c(cc1C(=N)N)CCC2. The Morgan fingerprint density at radius 1 is 1.48 bits per heavy atom. The Kier molecular flexibility index (Phi) is 3.68. The highest BCUT2D eigenvalue weighted by Crippen LogP contribution is 2.32. The maximum absolute atomic E-state index is 7.86. The van der Waals surface area contributed by atoms with E-state index in [1.807, 2.05) is 7.05 Å². The van der Waals surface area contributed by atoms with E-state index in [4.69, 9.17) is 16.1 Å². The van der Waals surface area contributed by atoms with Crippen molar-refractivity contribution in [2.45, 2.75) is 32.2 Å². The average Bonchev–Trinajstić information content (AvgIpc) is 3.14. The third kappa shape index (κ3) is 2.53. The number of amidine groups is 1. The number of nitrogen functional groups attached to an aromatic ring is 1. The summed E-state index contributed by atoms with van der Waals surface area (Å²) in [7, 11) is 2.03. The highest BCUT2D eigenvalue weighted by Gasteiger charge is 2.23. The maximum atomic E-state index is 7.86. The molecule has 5 heteroatoms. The van der Waals surface area contributed by atoms with Gasteiger partial charge in [-0.15, -0.1) is 11.3 Å². The lowest BCUT2D eigenvalue weighted by atomic mass is 10.1. The number of rotatable bonds is 4. The number of aryl methyl sites for hydroxylation is 2. The lowest BCUT2D eigenvalue weighted by Gasteiger charge is -2.27. The first-order valence-electron chi connectivity index (χ1n) is 7.21. The molecule has 1 atom stereocenters. The minimum atomic E-state index is 0.0948. The molecule has 1 aliphatic carbocycles. The average molecular weight is 300 g/mol. The van der Waals surface area contributed by atoms with Crippen molar-refractivity contribution in [1.82, 2.24) is 4.98 Å². The van der Waals surface area contributed by atoms with Crippen LogP contribution in [-0.2, 0) is 12.8 Å². The summed E-state index contributed by atoms with van der Waals surface area (Å²) in [5.74, 6) is 0.918. The van der Waals surface area contributed by atoms with Gasteiger partial charge in [-0.25, -0.2) is 4.98 Å². The number of hydrogen-bond donors (Lipinski definition) is 2. The van der Waals surface area contributed by atoms with Gasteiger partial charge < -0.3 is 10.6 Å². The molecular formula is C16H20N4S. The van der Waals surface area contributed by atoms with Crippen molar-refractivity contribution in [2.24, 2.45) is 5.73 Å². The molecule has 1 unspecified atom stereocenters. The van der Waals surface area contributed by atoms with Gasteiger partial charge in [-0.2, -0.15) is 0 Å². The molecule has 0 radical (unpaired) electrons. The zero-order valence-corrected chi connectivity index (χ0v) is 13.2. The Morgan fingerprint density at radius 3 is 2.95 bits per heavy atom. The van der Waals surface area contributed by atoms with Crippen molar-refractivity contribution in [2.75, 3.05) is 11.9 Å². The zero-order chi connectivity index (χ0) is 15.0. The van der Waals surface area contributed by atoms with Gasteiger partial charge in [-0.1, -0.05) is 6.07 Å². The molecule has 0 fully saturated rings. The Hall–Kier alpha value is -1.88. The summed E-state index contributed by atoms with van der Waals surface area (Å²) in [6, 6.07) is 6.47. The van der Waals surface area contributed by atoms with Crippen molar-refractivity contribution in [3.05, 3.63) is 45.3 Å². The smallest absolute Gasteiger partial charge is 0.140 e. The van der Waals surface area contributed by atoms with Crippen LogP contribution in [0.2, 0.25) is 0 Å². The van der Waals surface area contributed by atoms with Crippen molar-refractivity contribution >= 4 is 23.0 Å². The van der Waals surface area contributed by atoms with E-state index >= 15 is 0 Å². The number of pyridine rings is 1. The topological polar surface area (TPSA) is 66.0 Å². The molecule has 0 aromatic carbocycles. The Balaban J connectivity index is 2.02. The van der Waals surface area contributed by atoms with Crippen molar-refractivity contribution in [3.8, 4) is 0 Å². The number of nitrogens with one attached hydrogen (secondary N) is 1. The molecule has 0 bridgehead atoms.